The van der Waals surface area contributed by atoms with Crippen LogP contribution in [0.4, 0.5) is 5.69 Å². The fourth-order valence-corrected chi connectivity index (χ4v) is 3.66. The quantitative estimate of drug-likeness (QED) is 0.264. The molecule has 4 N–H and O–H groups in total. The molecular formula is C27H30N4O4. The van der Waals surface area contributed by atoms with E-state index in [9.17, 15) is 14.4 Å². The summed E-state index contributed by atoms with van der Waals surface area (Å²) in [5.74, 6) is -1.40. The molecule has 3 rings (SSSR count). The Labute approximate surface area is 204 Å². The highest BCUT2D eigenvalue weighted by atomic mass is 16.5. The van der Waals surface area contributed by atoms with Crippen LogP contribution in [0.1, 0.15) is 56.0 Å². The molecule has 0 fully saturated rings. The van der Waals surface area contributed by atoms with Gasteiger partial charge in [0.2, 0.25) is 0 Å². The van der Waals surface area contributed by atoms with Crippen molar-refractivity contribution in [1.29, 1.82) is 0 Å². The average molecular weight is 475 g/mol. The molecule has 182 valence electrons. The Balaban J connectivity index is 1.66. The average Bonchev–Trinajstić information content (AvgIpc) is 2.90. The fraction of sp³-hybridized carbons (Fsp3) is 0.222. The lowest BCUT2D eigenvalue weighted by Gasteiger charge is -2.20. The minimum atomic E-state index is -0.711. The van der Waals surface area contributed by atoms with Crippen LogP contribution in [-0.4, -0.2) is 40.9 Å². The van der Waals surface area contributed by atoms with Crippen molar-refractivity contribution in [3.05, 3.63) is 101 Å². The Morgan fingerprint density at radius 1 is 0.743 bits per heavy atom. The summed E-state index contributed by atoms with van der Waals surface area (Å²) in [5.41, 5.74) is 5.03. The lowest BCUT2D eigenvalue weighted by atomic mass is 10.1. The summed E-state index contributed by atoms with van der Waals surface area (Å²) in [6.07, 6.45) is 0. The third kappa shape index (κ3) is 6.99. The van der Waals surface area contributed by atoms with E-state index in [2.05, 4.69) is 35.4 Å². The van der Waals surface area contributed by atoms with Gasteiger partial charge in [-0.3, -0.25) is 24.5 Å². The highest BCUT2D eigenvalue weighted by molar-refractivity contribution is 6.06. The molecule has 0 unspecified atom stereocenters. The summed E-state index contributed by atoms with van der Waals surface area (Å²) in [4.78, 5) is 39.4. The van der Waals surface area contributed by atoms with Gasteiger partial charge in [0.05, 0.1) is 0 Å². The highest BCUT2D eigenvalue weighted by Crippen LogP contribution is 2.15. The highest BCUT2D eigenvalue weighted by Gasteiger charge is 2.13. The topological polar surface area (TPSA) is 111 Å². The maximum Gasteiger partial charge on any atom is 0.274 e. The minimum Gasteiger partial charge on any atom is -0.348 e. The molecule has 3 aromatic carbocycles. The van der Waals surface area contributed by atoms with Gasteiger partial charge >= 0.3 is 0 Å². The number of benzene rings is 3. The lowest BCUT2D eigenvalue weighted by Crippen LogP contribution is -2.26. The summed E-state index contributed by atoms with van der Waals surface area (Å²) in [6, 6.07) is 20.6. The van der Waals surface area contributed by atoms with Crippen molar-refractivity contribution in [3.8, 4) is 0 Å². The molecular weight excluding hydrogens is 444 g/mol. The van der Waals surface area contributed by atoms with Crippen LogP contribution in [-0.2, 0) is 13.1 Å². The smallest absolute Gasteiger partial charge is 0.274 e. The van der Waals surface area contributed by atoms with Crippen molar-refractivity contribution in [2.24, 2.45) is 0 Å². The number of hydrogen-bond acceptors (Lipinski definition) is 5. The van der Waals surface area contributed by atoms with Gasteiger partial charge in [0.1, 0.15) is 0 Å². The Morgan fingerprint density at radius 3 is 2.00 bits per heavy atom. The normalized spacial score (nSPS) is 10.6. The first-order valence-electron chi connectivity index (χ1n) is 11.5. The molecule has 8 nitrogen and oxygen atoms in total. The Kier molecular flexibility index (Phi) is 9.11. The molecule has 3 aromatic rings. The van der Waals surface area contributed by atoms with E-state index in [1.54, 1.807) is 41.9 Å². The summed E-state index contributed by atoms with van der Waals surface area (Å²) in [5, 5.41) is 14.5. The van der Waals surface area contributed by atoms with Crippen molar-refractivity contribution in [2.45, 2.75) is 26.9 Å². The molecule has 0 spiro atoms. The van der Waals surface area contributed by atoms with Crippen LogP contribution in [0.2, 0.25) is 0 Å². The van der Waals surface area contributed by atoms with Crippen LogP contribution in [0, 0.1) is 0 Å². The van der Waals surface area contributed by atoms with Crippen LogP contribution < -0.4 is 16.1 Å². The molecule has 0 radical (unpaired) electrons. The van der Waals surface area contributed by atoms with Crippen LogP contribution in [0.15, 0.2) is 72.8 Å². The number of nitrogens with one attached hydrogen (secondary N) is 3. The molecule has 8 heteroatoms. The Morgan fingerprint density at radius 2 is 1.34 bits per heavy atom. The number of nitrogens with zero attached hydrogens (tertiary/aromatic N) is 1. The lowest BCUT2D eigenvalue weighted by molar-refractivity contribution is 0.0706. The third-order valence-electron chi connectivity index (χ3n) is 5.72. The minimum absolute atomic E-state index is 0.148. The van der Waals surface area contributed by atoms with Gasteiger partial charge < -0.3 is 10.6 Å². The Hall–Kier alpha value is -4.01. The van der Waals surface area contributed by atoms with Crippen molar-refractivity contribution < 1.29 is 19.6 Å². The van der Waals surface area contributed by atoms with Gasteiger partial charge in [-0.2, -0.15) is 0 Å². The molecule has 0 saturated carbocycles. The number of hydrogen-bond donors (Lipinski definition) is 4. The molecule has 0 aliphatic rings. The standard InChI is InChI=1S/C27H30N4O4/c1-3-31(4-2)18-23-10-6-5-9-22(23)17-28-25(32)21-13-8-14-24(16-21)29-26(33)19-11-7-12-20(15-19)27(34)30-35/h5-16,35H,3-4,17-18H2,1-2H3,(H,28,32)(H,29,33)(H,30,34). The first-order chi connectivity index (χ1) is 16.9. The molecule has 0 heterocycles. The SMILES string of the molecule is CCN(CC)Cc1ccccc1CNC(=O)c1cccc(NC(=O)c2cccc(C(=O)NO)c2)c1. The van der Waals surface area contributed by atoms with Gasteiger partial charge in [0, 0.05) is 35.5 Å². The number of anilines is 1. The zero-order valence-electron chi connectivity index (χ0n) is 19.9. The monoisotopic (exact) mass is 474 g/mol. The number of amides is 3. The van der Waals surface area contributed by atoms with Crippen molar-refractivity contribution in [1.82, 2.24) is 15.7 Å². The van der Waals surface area contributed by atoms with Crippen LogP contribution in [0.25, 0.3) is 0 Å². The largest absolute Gasteiger partial charge is 0.348 e. The van der Waals surface area contributed by atoms with Gasteiger partial charge in [-0.05, 0) is 60.6 Å². The van der Waals surface area contributed by atoms with Crippen molar-refractivity contribution in [2.75, 3.05) is 18.4 Å². The van der Waals surface area contributed by atoms with Crippen molar-refractivity contribution in [3.63, 3.8) is 0 Å². The van der Waals surface area contributed by atoms with E-state index in [0.29, 0.717) is 17.8 Å². The number of carbonyl (C=O) groups is 3. The molecule has 0 aliphatic carbocycles. The Bertz CT molecular complexity index is 1190. The molecule has 0 atom stereocenters. The van der Waals surface area contributed by atoms with E-state index in [-0.39, 0.29) is 17.0 Å². The molecule has 0 saturated heterocycles. The molecule has 3 amide bonds. The predicted octanol–water partition coefficient (Wildman–Crippen LogP) is 3.83. The van der Waals surface area contributed by atoms with Gasteiger partial charge in [-0.15, -0.1) is 0 Å². The molecule has 35 heavy (non-hydrogen) atoms. The zero-order valence-corrected chi connectivity index (χ0v) is 19.9. The van der Waals surface area contributed by atoms with E-state index in [4.69, 9.17) is 5.21 Å². The van der Waals surface area contributed by atoms with Gasteiger partial charge in [0.15, 0.2) is 0 Å². The van der Waals surface area contributed by atoms with E-state index >= 15 is 0 Å². The molecule has 0 bridgehead atoms. The van der Waals surface area contributed by atoms with Crippen LogP contribution in [0.5, 0.6) is 0 Å². The predicted molar refractivity (Wildman–Crippen MR) is 134 cm³/mol. The summed E-state index contributed by atoms with van der Waals surface area (Å²) in [7, 11) is 0. The summed E-state index contributed by atoms with van der Waals surface area (Å²) >= 11 is 0. The maximum atomic E-state index is 12.8. The van der Waals surface area contributed by atoms with Crippen LogP contribution >= 0.6 is 0 Å². The third-order valence-corrected chi connectivity index (χ3v) is 5.72. The molecule has 0 aliphatic heterocycles. The second kappa shape index (κ2) is 12.5. The first kappa shape index (κ1) is 25.6. The van der Waals surface area contributed by atoms with Gasteiger partial charge in [-0.25, -0.2) is 5.48 Å². The van der Waals surface area contributed by atoms with E-state index < -0.39 is 11.8 Å². The van der Waals surface area contributed by atoms with Crippen molar-refractivity contribution >= 4 is 23.4 Å². The number of hydroxylamine groups is 1. The summed E-state index contributed by atoms with van der Waals surface area (Å²) in [6.45, 7) is 7.38. The van der Waals surface area contributed by atoms with E-state index in [0.717, 1.165) is 25.2 Å². The van der Waals surface area contributed by atoms with E-state index in [1.165, 1.54) is 17.7 Å². The fourth-order valence-electron chi connectivity index (χ4n) is 3.66. The second-order valence-electron chi connectivity index (χ2n) is 7.97. The number of rotatable bonds is 10. The number of carbonyl (C=O) groups excluding carboxylic acids is 3. The van der Waals surface area contributed by atoms with E-state index in [1.807, 2.05) is 18.2 Å². The summed E-state index contributed by atoms with van der Waals surface area (Å²) < 4.78 is 0. The van der Waals surface area contributed by atoms with Gasteiger partial charge in [-0.1, -0.05) is 50.2 Å². The maximum absolute atomic E-state index is 12.8. The van der Waals surface area contributed by atoms with Gasteiger partial charge in [0.25, 0.3) is 17.7 Å². The first-order valence-corrected chi connectivity index (χ1v) is 11.5. The molecule has 0 aromatic heterocycles. The van der Waals surface area contributed by atoms with Crippen LogP contribution in [0.3, 0.4) is 0 Å². The zero-order chi connectivity index (χ0) is 25.2. The second-order valence-corrected chi connectivity index (χ2v) is 7.97.